The quantitative estimate of drug-likeness (QED) is 0.121. The first-order chi connectivity index (χ1) is 27.4. The first-order valence-electron chi connectivity index (χ1n) is 24.7. The van der Waals surface area contributed by atoms with Crippen LogP contribution >= 0.6 is 0 Å². The van der Waals surface area contributed by atoms with Crippen LogP contribution in [0.15, 0.2) is 0 Å². The van der Waals surface area contributed by atoms with Crippen molar-refractivity contribution in [3.63, 3.8) is 0 Å². The first-order valence-corrected chi connectivity index (χ1v) is 24.7. The monoisotopic (exact) mass is 805 g/mol. The van der Waals surface area contributed by atoms with Crippen molar-refractivity contribution < 1.29 is 24.5 Å². The summed E-state index contributed by atoms with van der Waals surface area (Å²) in [5.41, 5.74) is 4.76. The van der Waals surface area contributed by atoms with E-state index in [1.54, 1.807) is 0 Å². The van der Waals surface area contributed by atoms with Gasteiger partial charge >= 0.3 is 5.97 Å². The fourth-order valence-electron chi connectivity index (χ4n) is 14.3. The molecule has 4 aliphatic carbocycles. The second kappa shape index (κ2) is 18.8. The highest BCUT2D eigenvalue weighted by atomic mass is 16.5. The van der Waals surface area contributed by atoms with Crippen LogP contribution in [0.5, 0.6) is 11.5 Å². The highest BCUT2D eigenvalue weighted by Crippen LogP contribution is 2.68. The number of carbonyl (C=O) groups is 1. The average molecular weight is 805 g/mol. The first kappa shape index (κ1) is 45.9. The summed E-state index contributed by atoms with van der Waals surface area (Å²) in [6.45, 7) is 25.7. The van der Waals surface area contributed by atoms with Gasteiger partial charge in [-0.1, -0.05) is 93.4 Å². The van der Waals surface area contributed by atoms with Crippen LogP contribution in [0.4, 0.5) is 0 Å². The predicted molar refractivity (Wildman–Crippen MR) is 239 cm³/mol. The minimum atomic E-state index is -0.251. The molecule has 0 spiro atoms. The zero-order valence-electron chi connectivity index (χ0n) is 39.3. The summed E-state index contributed by atoms with van der Waals surface area (Å²) >= 11 is 0. The molecule has 5 nitrogen and oxygen atoms in total. The molecule has 0 amide bonds. The number of fused-ring (bicyclic) bond motifs is 6. The molecule has 0 bridgehead atoms. The summed E-state index contributed by atoms with van der Waals surface area (Å²) in [5.74, 6) is 7.05. The van der Waals surface area contributed by atoms with Crippen molar-refractivity contribution in [3.8, 4) is 11.5 Å². The van der Waals surface area contributed by atoms with Crippen molar-refractivity contribution >= 4 is 5.97 Å². The van der Waals surface area contributed by atoms with Gasteiger partial charge in [-0.05, 0) is 192 Å². The molecule has 0 aromatic heterocycles. The van der Waals surface area contributed by atoms with Crippen LogP contribution in [0.25, 0.3) is 0 Å². The molecule has 1 aliphatic heterocycles. The molecule has 1 aromatic carbocycles. The molecular weight excluding hydrogens is 717 g/mol. The van der Waals surface area contributed by atoms with Crippen molar-refractivity contribution in [2.45, 2.75) is 229 Å². The zero-order valence-corrected chi connectivity index (χ0v) is 39.3. The predicted octanol–water partition coefficient (Wildman–Crippen LogP) is 13.4. The smallest absolute Gasteiger partial charge is 0.311 e. The Labute approximate surface area is 356 Å². The van der Waals surface area contributed by atoms with Crippen molar-refractivity contribution in [1.29, 1.82) is 0 Å². The third-order valence-corrected chi connectivity index (χ3v) is 18.3. The van der Waals surface area contributed by atoms with Gasteiger partial charge in [0, 0.05) is 12.0 Å². The topological polar surface area (TPSA) is 76.0 Å². The second-order valence-electron chi connectivity index (χ2n) is 22.9. The third kappa shape index (κ3) is 9.71. The molecule has 0 saturated heterocycles. The van der Waals surface area contributed by atoms with E-state index in [-0.39, 0.29) is 34.6 Å². The van der Waals surface area contributed by atoms with Gasteiger partial charge in [-0.15, -0.1) is 0 Å². The number of aliphatic hydroxyl groups excluding tert-OH is 2. The Balaban J connectivity index is 0.985. The van der Waals surface area contributed by atoms with E-state index < -0.39 is 0 Å². The number of ether oxygens (including phenoxy) is 2. The van der Waals surface area contributed by atoms with E-state index in [4.69, 9.17) is 9.47 Å². The van der Waals surface area contributed by atoms with Crippen molar-refractivity contribution in [1.82, 2.24) is 0 Å². The van der Waals surface area contributed by atoms with Crippen LogP contribution in [-0.4, -0.2) is 34.0 Å². The lowest BCUT2D eigenvalue weighted by atomic mass is 9.43. The molecular formula is C53H88O5. The summed E-state index contributed by atoms with van der Waals surface area (Å²) in [6.07, 6.45) is 23.1. The molecule has 0 radical (unpaired) electrons. The number of rotatable bonds is 17. The maximum atomic E-state index is 13.6. The summed E-state index contributed by atoms with van der Waals surface area (Å²) in [5, 5.41) is 22.1. The lowest BCUT2D eigenvalue weighted by Gasteiger charge is -2.62. The second-order valence-corrected chi connectivity index (χ2v) is 22.9. The Morgan fingerprint density at radius 3 is 2.07 bits per heavy atom. The zero-order chi connectivity index (χ0) is 42.2. The van der Waals surface area contributed by atoms with Gasteiger partial charge in [0.25, 0.3) is 0 Å². The van der Waals surface area contributed by atoms with E-state index in [1.807, 2.05) is 0 Å². The summed E-state index contributed by atoms with van der Waals surface area (Å²) in [4.78, 5) is 13.6. The SMILES string of the molecule is Cc1c(C)c2c(c(C)c1OC(=O)CC[C@@H](C)[C@H]1CC[C@H]3[C@@H]4[C@H](O)C[C@@H]5C[C@H](O)CC[C@]5(C)[C@H]4CC[C@]13C)CC[C@](C)(CCC[C@H](C)CCC[C@H](C)CCCC(C)C)O2. The largest absolute Gasteiger partial charge is 0.487 e. The van der Waals surface area contributed by atoms with Crippen LogP contribution in [-0.2, 0) is 11.2 Å². The highest BCUT2D eigenvalue weighted by molar-refractivity contribution is 5.74. The number of aliphatic hydroxyl groups is 2. The maximum absolute atomic E-state index is 13.6. The Kier molecular flexibility index (Phi) is 14.9. The molecule has 4 saturated carbocycles. The number of carbonyl (C=O) groups excluding carboxylic acids is 1. The molecule has 4 fully saturated rings. The molecule has 6 rings (SSSR count). The Morgan fingerprint density at radius 2 is 1.38 bits per heavy atom. The van der Waals surface area contributed by atoms with Crippen LogP contribution in [0.1, 0.15) is 206 Å². The van der Waals surface area contributed by atoms with E-state index in [9.17, 15) is 15.0 Å². The molecule has 2 N–H and O–H groups in total. The minimum Gasteiger partial charge on any atom is -0.487 e. The number of esters is 1. The van der Waals surface area contributed by atoms with Crippen LogP contribution in [0, 0.1) is 84.9 Å². The summed E-state index contributed by atoms with van der Waals surface area (Å²) in [7, 11) is 0. The van der Waals surface area contributed by atoms with Crippen LogP contribution in [0.3, 0.4) is 0 Å². The standard InChI is InChI=1S/C53H88O5/c1-33(2)15-12-16-34(3)17-13-18-35(4)19-14-27-51(9)28-25-42-39(8)49(37(6)38(7)50(42)58-51)57-47(56)23-20-36(5)43-21-22-44-48-45(26-30-53(43,44)11)52(10)29-24-41(54)31-40(52)32-46(48)55/h33-36,40-41,43-46,48,54-55H,12-32H2,1-11H3/t34-,35-,36-,40+,41-,43-,44+,45+,46-,48+,51+,52+,53-/m1/s1. The average Bonchev–Trinajstić information content (AvgIpc) is 3.52. The summed E-state index contributed by atoms with van der Waals surface area (Å²) < 4.78 is 13.2. The van der Waals surface area contributed by atoms with E-state index in [2.05, 4.69) is 76.2 Å². The van der Waals surface area contributed by atoms with Gasteiger partial charge in [-0.25, -0.2) is 0 Å². The van der Waals surface area contributed by atoms with Gasteiger partial charge in [-0.3, -0.25) is 4.79 Å². The molecule has 5 aliphatic rings. The number of hydrogen-bond acceptors (Lipinski definition) is 5. The molecule has 5 heteroatoms. The summed E-state index contributed by atoms with van der Waals surface area (Å²) in [6, 6.07) is 0. The van der Waals surface area contributed by atoms with Gasteiger partial charge < -0.3 is 19.7 Å². The molecule has 0 unspecified atom stereocenters. The molecule has 13 atom stereocenters. The van der Waals surface area contributed by atoms with E-state index in [0.717, 1.165) is 97.3 Å². The van der Waals surface area contributed by atoms with Crippen LogP contribution in [0.2, 0.25) is 0 Å². The lowest BCUT2D eigenvalue weighted by Crippen LogP contribution is -2.58. The Morgan fingerprint density at radius 1 is 0.741 bits per heavy atom. The fraction of sp³-hybridized carbons (Fsp3) is 0.868. The number of hydrogen-bond donors (Lipinski definition) is 2. The fourth-order valence-corrected chi connectivity index (χ4v) is 14.3. The Bertz CT molecular complexity index is 1550. The van der Waals surface area contributed by atoms with Crippen molar-refractivity contribution in [3.05, 3.63) is 22.3 Å². The van der Waals surface area contributed by atoms with Crippen molar-refractivity contribution in [2.24, 2.45) is 64.1 Å². The molecule has 1 aromatic rings. The lowest BCUT2D eigenvalue weighted by molar-refractivity contribution is -0.174. The van der Waals surface area contributed by atoms with Crippen molar-refractivity contribution in [2.75, 3.05) is 0 Å². The maximum Gasteiger partial charge on any atom is 0.311 e. The van der Waals surface area contributed by atoms with Gasteiger partial charge in [0.15, 0.2) is 0 Å². The normalized spacial score (nSPS) is 35.9. The highest BCUT2D eigenvalue weighted by Gasteiger charge is 2.62. The third-order valence-electron chi connectivity index (χ3n) is 18.3. The van der Waals surface area contributed by atoms with Gasteiger partial charge in [0.05, 0.1) is 12.2 Å². The van der Waals surface area contributed by atoms with E-state index in [1.165, 1.54) is 82.6 Å². The van der Waals surface area contributed by atoms with Crippen LogP contribution < -0.4 is 9.47 Å². The van der Waals surface area contributed by atoms with E-state index in [0.29, 0.717) is 41.9 Å². The minimum absolute atomic E-state index is 0.113. The Hall–Kier alpha value is -1.59. The van der Waals surface area contributed by atoms with Gasteiger partial charge in [-0.2, -0.15) is 0 Å². The molecule has 330 valence electrons. The molecule has 58 heavy (non-hydrogen) atoms. The molecule has 1 heterocycles. The van der Waals surface area contributed by atoms with Gasteiger partial charge in [0.1, 0.15) is 17.1 Å². The van der Waals surface area contributed by atoms with Gasteiger partial charge in [0.2, 0.25) is 0 Å². The van der Waals surface area contributed by atoms with E-state index >= 15 is 0 Å². The number of benzene rings is 1.